The Labute approximate surface area is 91.7 Å². The molecule has 0 bridgehead atoms. The van der Waals surface area contributed by atoms with E-state index in [1.165, 1.54) is 17.2 Å². The predicted molar refractivity (Wildman–Crippen MR) is 66.2 cm³/mol. The van der Waals surface area contributed by atoms with Crippen LogP contribution in [-0.4, -0.2) is 0 Å². The lowest BCUT2D eigenvalue weighted by Crippen LogP contribution is -1.76. The van der Waals surface area contributed by atoms with Crippen molar-refractivity contribution in [2.75, 3.05) is 0 Å². The van der Waals surface area contributed by atoms with Crippen molar-refractivity contribution >= 4 is 6.08 Å². The summed E-state index contributed by atoms with van der Waals surface area (Å²) in [5.41, 5.74) is 2.55. The molecule has 1 nitrogen and oxygen atoms in total. The number of rotatable bonds is 2. The van der Waals surface area contributed by atoms with Crippen LogP contribution in [0.15, 0.2) is 55.7 Å². The van der Waals surface area contributed by atoms with Gasteiger partial charge in [-0.15, -0.1) is 0 Å². The van der Waals surface area contributed by atoms with Gasteiger partial charge >= 0.3 is 0 Å². The molecular formula is C14H15N. The lowest BCUT2D eigenvalue weighted by atomic mass is 10.1. The number of aryl methyl sites for hydroxylation is 1. The van der Waals surface area contributed by atoms with Crippen LogP contribution in [0.4, 0.5) is 0 Å². The first-order chi connectivity index (χ1) is 7.26. The SMILES string of the molecule is C=CC#N.C=CC=Cc1ccccc1C. The van der Waals surface area contributed by atoms with Crippen molar-refractivity contribution in [2.45, 2.75) is 6.92 Å². The molecule has 0 amide bonds. The molecule has 0 unspecified atom stereocenters. The van der Waals surface area contributed by atoms with Gasteiger partial charge in [-0.05, 0) is 18.1 Å². The first kappa shape index (κ1) is 12.9. The summed E-state index contributed by atoms with van der Waals surface area (Å²) in [4.78, 5) is 0. The summed E-state index contributed by atoms with van der Waals surface area (Å²) < 4.78 is 0. The fourth-order valence-electron chi connectivity index (χ4n) is 0.945. The molecule has 0 aromatic heterocycles. The quantitative estimate of drug-likeness (QED) is 0.521. The molecule has 0 N–H and O–H groups in total. The van der Waals surface area contributed by atoms with E-state index < -0.39 is 0 Å². The molecule has 1 heteroatoms. The van der Waals surface area contributed by atoms with Crippen molar-refractivity contribution in [2.24, 2.45) is 0 Å². The van der Waals surface area contributed by atoms with Crippen LogP contribution in [0.25, 0.3) is 6.08 Å². The summed E-state index contributed by atoms with van der Waals surface area (Å²) in [6.45, 7) is 8.84. The highest BCUT2D eigenvalue weighted by Crippen LogP contribution is 2.08. The number of hydrogen-bond donors (Lipinski definition) is 0. The molecule has 0 heterocycles. The van der Waals surface area contributed by atoms with Gasteiger partial charge in [0.05, 0.1) is 6.07 Å². The molecular weight excluding hydrogens is 182 g/mol. The van der Waals surface area contributed by atoms with Gasteiger partial charge in [-0.1, -0.05) is 55.7 Å². The third-order valence-corrected chi connectivity index (χ3v) is 1.69. The van der Waals surface area contributed by atoms with Gasteiger partial charge in [0, 0.05) is 6.08 Å². The summed E-state index contributed by atoms with van der Waals surface area (Å²) in [7, 11) is 0. The highest BCUT2D eigenvalue weighted by molar-refractivity contribution is 5.54. The molecule has 0 aliphatic heterocycles. The van der Waals surface area contributed by atoms with Gasteiger partial charge < -0.3 is 0 Å². The van der Waals surface area contributed by atoms with E-state index in [1.807, 2.05) is 18.2 Å². The van der Waals surface area contributed by atoms with Crippen molar-refractivity contribution in [3.8, 4) is 6.07 Å². The number of nitriles is 1. The standard InChI is InChI=1S/C11H12.C3H3N/c1-3-4-8-11-9-6-5-7-10(11)2;1-2-3-4/h3-9H,1H2,2H3;2H,1H2. The van der Waals surface area contributed by atoms with Crippen molar-refractivity contribution in [1.82, 2.24) is 0 Å². The van der Waals surface area contributed by atoms with E-state index in [9.17, 15) is 0 Å². The van der Waals surface area contributed by atoms with E-state index in [-0.39, 0.29) is 0 Å². The summed E-state index contributed by atoms with van der Waals surface area (Å²) in [6, 6.07) is 9.97. The predicted octanol–water partition coefficient (Wildman–Crippen LogP) is 3.89. The maximum Gasteiger partial charge on any atom is 0.0905 e. The second-order valence-corrected chi connectivity index (χ2v) is 2.78. The smallest absolute Gasteiger partial charge is 0.0905 e. The van der Waals surface area contributed by atoms with Crippen LogP contribution in [0.3, 0.4) is 0 Å². The summed E-state index contributed by atoms with van der Waals surface area (Å²) in [6.07, 6.45) is 6.97. The summed E-state index contributed by atoms with van der Waals surface area (Å²) >= 11 is 0. The van der Waals surface area contributed by atoms with E-state index in [0.717, 1.165) is 0 Å². The second kappa shape index (κ2) is 8.52. The van der Waals surface area contributed by atoms with Crippen LogP contribution < -0.4 is 0 Å². The normalized spacial score (nSPS) is 8.53. The van der Waals surface area contributed by atoms with Crippen LogP contribution in [0.1, 0.15) is 11.1 Å². The first-order valence-electron chi connectivity index (χ1n) is 4.61. The number of benzene rings is 1. The topological polar surface area (TPSA) is 23.8 Å². The van der Waals surface area contributed by atoms with Crippen molar-refractivity contribution < 1.29 is 0 Å². The molecule has 0 saturated carbocycles. The lowest BCUT2D eigenvalue weighted by Gasteiger charge is -1.96. The van der Waals surface area contributed by atoms with E-state index in [1.54, 1.807) is 12.1 Å². The Kier molecular flexibility index (Phi) is 7.35. The fourth-order valence-corrected chi connectivity index (χ4v) is 0.945. The van der Waals surface area contributed by atoms with E-state index in [4.69, 9.17) is 5.26 Å². The Morgan fingerprint density at radius 1 is 1.27 bits per heavy atom. The zero-order valence-electron chi connectivity index (χ0n) is 8.98. The molecule has 0 atom stereocenters. The average Bonchev–Trinajstić information content (AvgIpc) is 2.28. The molecule has 1 rings (SSSR count). The molecule has 1 aromatic rings. The van der Waals surface area contributed by atoms with Crippen LogP contribution >= 0.6 is 0 Å². The average molecular weight is 197 g/mol. The molecule has 0 radical (unpaired) electrons. The van der Waals surface area contributed by atoms with E-state index in [2.05, 4.69) is 38.3 Å². The molecule has 0 spiro atoms. The Morgan fingerprint density at radius 3 is 2.33 bits per heavy atom. The van der Waals surface area contributed by atoms with Gasteiger partial charge in [-0.25, -0.2) is 0 Å². The third kappa shape index (κ3) is 6.06. The van der Waals surface area contributed by atoms with Crippen LogP contribution in [0, 0.1) is 18.3 Å². The number of nitrogens with zero attached hydrogens (tertiary/aromatic N) is 1. The van der Waals surface area contributed by atoms with Gasteiger partial charge in [0.15, 0.2) is 0 Å². The van der Waals surface area contributed by atoms with Crippen LogP contribution in [-0.2, 0) is 0 Å². The second-order valence-electron chi connectivity index (χ2n) is 2.78. The molecule has 0 aliphatic rings. The maximum absolute atomic E-state index is 7.51. The monoisotopic (exact) mass is 197 g/mol. The molecule has 76 valence electrons. The molecule has 1 aromatic carbocycles. The van der Waals surface area contributed by atoms with Crippen LogP contribution in [0.5, 0.6) is 0 Å². The Bertz CT molecular complexity index is 381. The zero-order valence-corrected chi connectivity index (χ0v) is 8.98. The molecule has 0 saturated heterocycles. The lowest BCUT2D eigenvalue weighted by molar-refractivity contribution is 1.44. The molecule has 15 heavy (non-hydrogen) atoms. The van der Waals surface area contributed by atoms with Gasteiger partial charge in [-0.2, -0.15) is 5.26 Å². The van der Waals surface area contributed by atoms with Gasteiger partial charge in [0.2, 0.25) is 0 Å². The minimum atomic E-state index is 1.18. The Balaban J connectivity index is 0.000000423. The molecule has 0 fully saturated rings. The Hall–Kier alpha value is -2.07. The minimum absolute atomic E-state index is 1.18. The zero-order chi connectivity index (χ0) is 11.5. The summed E-state index contributed by atoms with van der Waals surface area (Å²) in [5, 5.41) is 7.51. The van der Waals surface area contributed by atoms with Crippen LogP contribution in [0.2, 0.25) is 0 Å². The highest BCUT2D eigenvalue weighted by Gasteiger charge is 1.88. The van der Waals surface area contributed by atoms with Gasteiger partial charge in [0.25, 0.3) is 0 Å². The Morgan fingerprint density at radius 2 is 1.87 bits per heavy atom. The first-order valence-corrected chi connectivity index (χ1v) is 4.61. The minimum Gasteiger partial charge on any atom is -0.193 e. The maximum atomic E-state index is 7.51. The van der Waals surface area contributed by atoms with Crippen molar-refractivity contribution in [3.63, 3.8) is 0 Å². The largest absolute Gasteiger partial charge is 0.193 e. The van der Waals surface area contributed by atoms with E-state index >= 15 is 0 Å². The number of hydrogen-bond acceptors (Lipinski definition) is 1. The number of allylic oxidation sites excluding steroid dienone is 3. The third-order valence-electron chi connectivity index (χ3n) is 1.69. The van der Waals surface area contributed by atoms with Crippen molar-refractivity contribution in [3.05, 3.63) is 66.8 Å². The summed E-state index contributed by atoms with van der Waals surface area (Å²) in [5.74, 6) is 0. The molecule has 0 aliphatic carbocycles. The highest BCUT2D eigenvalue weighted by atomic mass is 14.2. The van der Waals surface area contributed by atoms with E-state index in [0.29, 0.717) is 0 Å². The fraction of sp³-hybridized carbons (Fsp3) is 0.0714. The van der Waals surface area contributed by atoms with Gasteiger partial charge in [0.1, 0.15) is 0 Å². The van der Waals surface area contributed by atoms with Gasteiger partial charge in [-0.3, -0.25) is 0 Å². The van der Waals surface area contributed by atoms with Crippen molar-refractivity contribution in [1.29, 1.82) is 5.26 Å².